The molecule has 0 aliphatic carbocycles. The van der Waals surface area contributed by atoms with E-state index in [1.54, 1.807) is 30.2 Å². The molecule has 202 valence electrons. The van der Waals surface area contributed by atoms with E-state index in [-0.39, 0.29) is 23.9 Å². The van der Waals surface area contributed by atoms with Crippen molar-refractivity contribution >= 4 is 6.09 Å². The molecule has 1 aromatic carbocycles. The fourth-order valence-electron chi connectivity index (χ4n) is 4.47. The molecule has 3 aromatic rings. The summed E-state index contributed by atoms with van der Waals surface area (Å²) in [5.41, 5.74) is 0.454. The molecule has 0 spiro atoms. The van der Waals surface area contributed by atoms with Gasteiger partial charge in [0.2, 0.25) is 11.8 Å². The normalized spacial score (nSPS) is 18.2. The number of rotatable bonds is 7. The van der Waals surface area contributed by atoms with Crippen LogP contribution in [0.25, 0.3) is 0 Å². The van der Waals surface area contributed by atoms with Crippen LogP contribution >= 0.6 is 0 Å². The Balaban J connectivity index is 1.42. The topological polar surface area (TPSA) is 86.7 Å². The highest BCUT2D eigenvalue weighted by Gasteiger charge is 2.37. The lowest BCUT2D eigenvalue weighted by Gasteiger charge is -2.29. The van der Waals surface area contributed by atoms with Crippen molar-refractivity contribution in [1.82, 2.24) is 19.9 Å². The van der Waals surface area contributed by atoms with E-state index < -0.39 is 17.8 Å². The van der Waals surface area contributed by atoms with Crippen LogP contribution in [0.2, 0.25) is 0 Å². The average Bonchev–Trinajstić information content (AvgIpc) is 3.22. The summed E-state index contributed by atoms with van der Waals surface area (Å²) in [6, 6.07) is 7.52. The van der Waals surface area contributed by atoms with Gasteiger partial charge >= 0.3 is 12.3 Å². The Hall–Kier alpha value is -3.89. The third-order valence-electron chi connectivity index (χ3n) is 6.44. The number of benzene rings is 1. The first kappa shape index (κ1) is 27.2. The van der Waals surface area contributed by atoms with E-state index in [1.807, 2.05) is 20.8 Å². The maximum atomic E-state index is 13.0. The summed E-state index contributed by atoms with van der Waals surface area (Å²) in [4.78, 5) is 27.2. The Morgan fingerprint density at radius 3 is 2.61 bits per heavy atom. The van der Waals surface area contributed by atoms with Gasteiger partial charge in [-0.05, 0) is 70.9 Å². The van der Waals surface area contributed by atoms with E-state index in [1.165, 1.54) is 18.5 Å². The van der Waals surface area contributed by atoms with Crippen molar-refractivity contribution in [3.05, 3.63) is 65.7 Å². The number of likely N-dealkylation sites (tertiary alicyclic amines) is 1. The van der Waals surface area contributed by atoms with Gasteiger partial charge in [-0.15, -0.1) is 0 Å². The van der Waals surface area contributed by atoms with Crippen molar-refractivity contribution in [2.75, 3.05) is 0 Å². The molecule has 38 heavy (non-hydrogen) atoms. The largest absolute Gasteiger partial charge is 0.474 e. The Kier molecular flexibility index (Phi) is 8.03. The summed E-state index contributed by atoms with van der Waals surface area (Å²) in [5, 5.41) is 0. The summed E-state index contributed by atoms with van der Waals surface area (Å²) < 4.78 is 56.5. The van der Waals surface area contributed by atoms with Gasteiger partial charge in [0.15, 0.2) is 5.75 Å². The molecule has 0 bridgehead atoms. The average molecular weight is 531 g/mol. The highest BCUT2D eigenvalue weighted by Crippen LogP contribution is 2.34. The lowest BCUT2D eigenvalue weighted by molar-refractivity contribution is -0.137. The SMILES string of the molecule is Cc1ncccc1Oc1ncnc(O[C@H](C)CC2CCC(C)N2C(=O)Oc2cccc(C(F)(F)F)c2)c1C. The van der Waals surface area contributed by atoms with Crippen LogP contribution in [0.15, 0.2) is 48.9 Å². The van der Waals surface area contributed by atoms with Crippen molar-refractivity contribution in [2.45, 2.75) is 71.3 Å². The Morgan fingerprint density at radius 1 is 1.11 bits per heavy atom. The number of aryl methyl sites for hydroxylation is 1. The van der Waals surface area contributed by atoms with Crippen LogP contribution < -0.4 is 14.2 Å². The number of hydrogen-bond acceptors (Lipinski definition) is 7. The molecule has 3 heterocycles. The zero-order valence-electron chi connectivity index (χ0n) is 21.5. The minimum absolute atomic E-state index is 0.131. The summed E-state index contributed by atoms with van der Waals surface area (Å²) >= 11 is 0. The third-order valence-corrected chi connectivity index (χ3v) is 6.44. The highest BCUT2D eigenvalue weighted by molar-refractivity contribution is 5.72. The van der Waals surface area contributed by atoms with E-state index in [2.05, 4.69) is 15.0 Å². The van der Waals surface area contributed by atoms with Crippen LogP contribution in [0, 0.1) is 13.8 Å². The molecular formula is C27H29F3N4O4. The molecule has 8 nitrogen and oxygen atoms in total. The number of nitrogens with zero attached hydrogens (tertiary/aromatic N) is 4. The second kappa shape index (κ2) is 11.2. The zero-order valence-corrected chi connectivity index (χ0v) is 21.5. The molecule has 2 aromatic heterocycles. The molecule has 0 radical (unpaired) electrons. The van der Waals surface area contributed by atoms with Gasteiger partial charge in [-0.2, -0.15) is 13.2 Å². The lowest BCUT2D eigenvalue weighted by Crippen LogP contribution is -2.43. The molecule has 1 fully saturated rings. The molecule has 1 saturated heterocycles. The van der Waals surface area contributed by atoms with Crippen LogP contribution in [0.5, 0.6) is 23.3 Å². The first-order chi connectivity index (χ1) is 18.0. The molecule has 0 saturated carbocycles. The number of hydrogen-bond donors (Lipinski definition) is 0. The van der Waals surface area contributed by atoms with E-state index in [9.17, 15) is 18.0 Å². The van der Waals surface area contributed by atoms with Crippen molar-refractivity contribution in [3.8, 4) is 23.3 Å². The van der Waals surface area contributed by atoms with Crippen LogP contribution in [0.1, 0.15) is 49.9 Å². The summed E-state index contributed by atoms with van der Waals surface area (Å²) in [6.07, 6.45) is -0.597. The van der Waals surface area contributed by atoms with Gasteiger partial charge in [0.1, 0.15) is 12.1 Å². The number of carbonyl (C=O) groups is 1. The van der Waals surface area contributed by atoms with Crippen LogP contribution in [-0.2, 0) is 6.18 Å². The van der Waals surface area contributed by atoms with E-state index in [4.69, 9.17) is 14.2 Å². The number of alkyl halides is 3. The van der Waals surface area contributed by atoms with Gasteiger partial charge in [-0.25, -0.2) is 14.8 Å². The fraction of sp³-hybridized carbons (Fsp3) is 0.407. The molecule has 1 amide bonds. The third kappa shape index (κ3) is 6.32. The molecule has 0 N–H and O–H groups in total. The fourth-order valence-corrected chi connectivity index (χ4v) is 4.47. The van der Waals surface area contributed by atoms with Crippen molar-refractivity contribution in [2.24, 2.45) is 0 Å². The monoisotopic (exact) mass is 530 g/mol. The minimum atomic E-state index is -4.53. The van der Waals surface area contributed by atoms with Gasteiger partial charge in [0, 0.05) is 24.7 Å². The van der Waals surface area contributed by atoms with Gasteiger partial charge in [-0.3, -0.25) is 4.98 Å². The predicted octanol–water partition coefficient (Wildman–Crippen LogP) is 6.51. The van der Waals surface area contributed by atoms with Gasteiger partial charge in [0.05, 0.1) is 22.9 Å². The maximum absolute atomic E-state index is 13.0. The predicted molar refractivity (Wildman–Crippen MR) is 132 cm³/mol. The Bertz CT molecular complexity index is 1290. The summed E-state index contributed by atoms with van der Waals surface area (Å²) in [7, 11) is 0. The standard InChI is InChI=1S/C27H29F3N4O4/c1-16-10-11-21(34(16)26(35)37-22-8-5-7-20(14-22)27(28,29)30)13-17(2)36-24-18(3)25(33-15-32-24)38-23-9-6-12-31-19(23)4/h5-9,12,14-17,21H,10-11,13H2,1-4H3/t16?,17-,21?/m1/s1. The molecule has 11 heteroatoms. The molecular weight excluding hydrogens is 501 g/mol. The molecule has 1 aliphatic heterocycles. The number of carbonyl (C=O) groups excluding carboxylic acids is 1. The summed E-state index contributed by atoms with van der Waals surface area (Å²) in [5.74, 6) is 1.12. The van der Waals surface area contributed by atoms with Gasteiger partial charge < -0.3 is 19.1 Å². The van der Waals surface area contributed by atoms with Crippen LogP contribution in [0.3, 0.4) is 0 Å². The second-order valence-electron chi connectivity index (χ2n) is 9.34. The first-order valence-electron chi connectivity index (χ1n) is 12.3. The van der Waals surface area contributed by atoms with Crippen molar-refractivity contribution in [3.63, 3.8) is 0 Å². The van der Waals surface area contributed by atoms with Gasteiger partial charge in [0.25, 0.3) is 0 Å². The van der Waals surface area contributed by atoms with E-state index in [0.717, 1.165) is 18.6 Å². The molecule has 2 unspecified atom stereocenters. The molecule has 4 rings (SSSR count). The Morgan fingerprint density at radius 2 is 1.87 bits per heavy atom. The number of aromatic nitrogens is 3. The zero-order chi connectivity index (χ0) is 27.4. The van der Waals surface area contributed by atoms with Gasteiger partial charge in [-0.1, -0.05) is 6.07 Å². The van der Waals surface area contributed by atoms with E-state index >= 15 is 0 Å². The van der Waals surface area contributed by atoms with E-state index in [0.29, 0.717) is 41.6 Å². The van der Waals surface area contributed by atoms with Crippen LogP contribution in [0.4, 0.5) is 18.0 Å². The number of amides is 1. The quantitative estimate of drug-likeness (QED) is 0.344. The van der Waals surface area contributed by atoms with Crippen LogP contribution in [-0.4, -0.2) is 44.1 Å². The number of halogens is 3. The highest BCUT2D eigenvalue weighted by atomic mass is 19.4. The Labute approximate surface area is 218 Å². The first-order valence-corrected chi connectivity index (χ1v) is 12.3. The number of pyridine rings is 1. The maximum Gasteiger partial charge on any atom is 0.416 e. The van der Waals surface area contributed by atoms with Crippen molar-refractivity contribution in [1.29, 1.82) is 0 Å². The molecule has 1 aliphatic rings. The van der Waals surface area contributed by atoms with Crippen molar-refractivity contribution < 1.29 is 32.2 Å². The lowest BCUT2D eigenvalue weighted by atomic mass is 10.1. The smallest absolute Gasteiger partial charge is 0.416 e. The molecule has 3 atom stereocenters. The minimum Gasteiger partial charge on any atom is -0.474 e. The number of ether oxygens (including phenoxy) is 3. The summed E-state index contributed by atoms with van der Waals surface area (Å²) in [6.45, 7) is 7.38. The second-order valence-corrected chi connectivity index (χ2v) is 9.34.